The molecule has 3 heterocycles. The normalized spacial score (nSPS) is 19.8. The number of anilines is 2. The van der Waals surface area contributed by atoms with Gasteiger partial charge in [-0.3, -0.25) is 9.69 Å². The lowest BCUT2D eigenvalue weighted by Gasteiger charge is -2.40. The van der Waals surface area contributed by atoms with Crippen LogP contribution in [0, 0.1) is 0 Å². The summed E-state index contributed by atoms with van der Waals surface area (Å²) in [5, 5.41) is 3.38. The molecule has 1 N–H and O–H groups in total. The molecule has 6 rings (SSSR count). The fraction of sp³-hybridized carbons (Fsp3) is 0.290. The molecule has 206 valence electrons. The van der Waals surface area contributed by atoms with Crippen molar-refractivity contribution in [1.82, 2.24) is 0 Å². The van der Waals surface area contributed by atoms with Crippen LogP contribution in [0.1, 0.15) is 47.8 Å². The lowest BCUT2D eigenvalue weighted by Crippen LogP contribution is -2.55. The van der Waals surface area contributed by atoms with Gasteiger partial charge in [-0.2, -0.15) is 0 Å². The van der Waals surface area contributed by atoms with Crippen molar-refractivity contribution in [3.63, 3.8) is 0 Å². The van der Waals surface area contributed by atoms with E-state index in [2.05, 4.69) is 5.32 Å². The van der Waals surface area contributed by atoms with Crippen molar-refractivity contribution in [1.29, 1.82) is 0 Å². The Morgan fingerprint density at radius 3 is 2.38 bits per heavy atom. The van der Waals surface area contributed by atoms with Crippen LogP contribution in [0.5, 0.6) is 23.0 Å². The van der Waals surface area contributed by atoms with Crippen LogP contribution in [0.2, 0.25) is 0 Å². The molecule has 3 aliphatic rings. The maximum absolute atomic E-state index is 14.2. The van der Waals surface area contributed by atoms with Gasteiger partial charge < -0.3 is 29.0 Å². The van der Waals surface area contributed by atoms with Crippen molar-refractivity contribution in [3.05, 3.63) is 76.9 Å². The van der Waals surface area contributed by atoms with Crippen LogP contribution in [0.15, 0.2) is 54.6 Å². The molecule has 0 saturated carbocycles. The number of nitrogens with zero attached hydrogens (tertiary/aromatic N) is 1. The molecule has 9 nitrogen and oxygen atoms in total. The van der Waals surface area contributed by atoms with E-state index in [0.29, 0.717) is 22.8 Å². The summed E-state index contributed by atoms with van der Waals surface area (Å²) < 4.78 is 28.4. The molecule has 3 aromatic rings. The molecule has 0 radical (unpaired) electrons. The SMILES string of the molecule is COc1cc(C(=O)Oc2cc3c4c(c2)[C@]2(Nc5ccccc5CO2)C(=O)N4C(C)(C)C=C3C)cc(OC)c1OC. The molecule has 3 aromatic carbocycles. The van der Waals surface area contributed by atoms with Crippen LogP contribution in [0.25, 0.3) is 5.57 Å². The third-order valence-electron chi connectivity index (χ3n) is 7.64. The van der Waals surface area contributed by atoms with Gasteiger partial charge in [0.1, 0.15) is 5.75 Å². The predicted octanol–water partition coefficient (Wildman–Crippen LogP) is 5.27. The smallest absolute Gasteiger partial charge is 0.343 e. The number of carbonyl (C=O) groups is 2. The number of carbonyl (C=O) groups excluding carboxylic acids is 2. The first-order valence-corrected chi connectivity index (χ1v) is 12.9. The number of rotatable bonds is 5. The minimum Gasteiger partial charge on any atom is -0.493 e. The highest BCUT2D eigenvalue weighted by Gasteiger charge is 2.59. The second-order valence-corrected chi connectivity index (χ2v) is 10.5. The van der Waals surface area contributed by atoms with Gasteiger partial charge in [-0.05, 0) is 56.7 Å². The number of nitrogens with one attached hydrogen (secondary N) is 1. The average Bonchev–Trinajstić information content (AvgIpc) is 3.18. The molecular weight excluding hydrogens is 512 g/mol. The zero-order valence-corrected chi connectivity index (χ0v) is 23.2. The van der Waals surface area contributed by atoms with Crippen molar-refractivity contribution < 1.29 is 33.3 Å². The first-order valence-electron chi connectivity index (χ1n) is 12.9. The Morgan fingerprint density at radius 2 is 1.70 bits per heavy atom. The van der Waals surface area contributed by atoms with Gasteiger partial charge in [-0.1, -0.05) is 24.3 Å². The van der Waals surface area contributed by atoms with E-state index in [1.165, 1.54) is 33.5 Å². The zero-order valence-electron chi connectivity index (χ0n) is 23.2. The van der Waals surface area contributed by atoms with Crippen molar-refractivity contribution in [3.8, 4) is 23.0 Å². The number of allylic oxidation sites excluding steroid dienone is 1. The second-order valence-electron chi connectivity index (χ2n) is 10.5. The van der Waals surface area contributed by atoms with E-state index >= 15 is 0 Å². The molecule has 1 spiro atoms. The number of amides is 1. The minimum atomic E-state index is -1.47. The number of benzene rings is 3. The molecule has 0 aromatic heterocycles. The van der Waals surface area contributed by atoms with Crippen molar-refractivity contribution in [2.45, 2.75) is 38.6 Å². The van der Waals surface area contributed by atoms with E-state index < -0.39 is 17.2 Å². The highest BCUT2D eigenvalue weighted by molar-refractivity contribution is 6.13. The molecule has 3 aliphatic heterocycles. The summed E-state index contributed by atoms with van der Waals surface area (Å²) in [6, 6.07) is 14.3. The monoisotopic (exact) mass is 542 g/mol. The quantitative estimate of drug-likeness (QED) is 0.344. The first-order chi connectivity index (χ1) is 19.1. The van der Waals surface area contributed by atoms with E-state index in [0.717, 1.165) is 28.1 Å². The Bertz CT molecular complexity index is 1580. The van der Waals surface area contributed by atoms with E-state index in [-0.39, 0.29) is 23.8 Å². The first kappa shape index (κ1) is 25.8. The summed E-state index contributed by atoms with van der Waals surface area (Å²) in [4.78, 5) is 29.4. The highest BCUT2D eigenvalue weighted by atomic mass is 16.5. The summed E-state index contributed by atoms with van der Waals surface area (Å²) in [6.45, 7) is 6.23. The molecule has 40 heavy (non-hydrogen) atoms. The Kier molecular flexibility index (Phi) is 5.81. The van der Waals surface area contributed by atoms with E-state index in [9.17, 15) is 9.59 Å². The van der Waals surface area contributed by atoms with E-state index in [4.69, 9.17) is 23.7 Å². The number of esters is 1. The van der Waals surface area contributed by atoms with E-state index in [1.807, 2.05) is 51.1 Å². The van der Waals surface area contributed by atoms with Crippen molar-refractivity contribution >= 4 is 28.8 Å². The number of hydrogen-bond donors (Lipinski definition) is 1. The number of para-hydroxylation sites is 1. The fourth-order valence-electron chi connectivity index (χ4n) is 5.88. The third kappa shape index (κ3) is 3.65. The van der Waals surface area contributed by atoms with Crippen LogP contribution in [0.3, 0.4) is 0 Å². The summed E-state index contributed by atoms with van der Waals surface area (Å²) in [5.41, 5.74) is 3.01. The lowest BCUT2D eigenvalue weighted by atomic mass is 9.88. The molecule has 0 aliphatic carbocycles. The summed E-state index contributed by atoms with van der Waals surface area (Å²) in [6.07, 6.45) is 2.04. The predicted molar refractivity (Wildman–Crippen MR) is 149 cm³/mol. The maximum atomic E-state index is 14.2. The highest BCUT2D eigenvalue weighted by Crippen LogP contribution is 2.55. The second kappa shape index (κ2) is 9.02. The van der Waals surface area contributed by atoms with Crippen molar-refractivity contribution in [2.75, 3.05) is 31.5 Å². The largest absolute Gasteiger partial charge is 0.493 e. The summed E-state index contributed by atoms with van der Waals surface area (Å²) in [7, 11) is 4.45. The number of methoxy groups -OCH3 is 3. The minimum absolute atomic E-state index is 0.213. The molecule has 1 atom stereocenters. The van der Waals surface area contributed by atoms with Crippen LogP contribution in [-0.4, -0.2) is 38.7 Å². The molecule has 0 fully saturated rings. The van der Waals surface area contributed by atoms with Gasteiger partial charge in [-0.15, -0.1) is 0 Å². The number of hydrogen-bond acceptors (Lipinski definition) is 8. The molecular formula is C31H30N2O7. The summed E-state index contributed by atoms with van der Waals surface area (Å²) >= 11 is 0. The molecule has 9 heteroatoms. The Hall–Kier alpha value is -4.50. The third-order valence-corrected chi connectivity index (χ3v) is 7.64. The fourth-order valence-corrected chi connectivity index (χ4v) is 5.88. The molecule has 0 bridgehead atoms. The van der Waals surface area contributed by atoms with Crippen LogP contribution >= 0.6 is 0 Å². The van der Waals surface area contributed by atoms with Crippen LogP contribution in [-0.2, 0) is 21.9 Å². The van der Waals surface area contributed by atoms with Gasteiger partial charge in [-0.25, -0.2) is 4.79 Å². The van der Waals surface area contributed by atoms with E-state index in [1.54, 1.807) is 17.0 Å². The van der Waals surface area contributed by atoms with Crippen molar-refractivity contribution in [2.24, 2.45) is 0 Å². The standard InChI is InChI=1S/C31H30N2O7/c1-17-15-30(2,3)33-26-21(17)13-20(40-28(34)19-11-24(36-4)27(38-6)25(12-19)37-5)14-22(26)31(29(33)35)32-23-10-8-7-9-18(23)16-39-31/h7-15,32H,16H2,1-6H3/t31-/m1/s1. The van der Waals surface area contributed by atoms with Gasteiger partial charge in [0.15, 0.2) is 11.5 Å². The average molecular weight is 543 g/mol. The Labute approximate surface area is 232 Å². The molecule has 0 saturated heterocycles. The zero-order chi connectivity index (χ0) is 28.4. The summed E-state index contributed by atoms with van der Waals surface area (Å²) in [5.74, 6) is 0.462. The Morgan fingerprint density at radius 1 is 1.00 bits per heavy atom. The van der Waals surface area contributed by atoms with Crippen LogP contribution < -0.4 is 29.2 Å². The van der Waals surface area contributed by atoms with Gasteiger partial charge in [0, 0.05) is 22.4 Å². The maximum Gasteiger partial charge on any atom is 0.343 e. The topological polar surface area (TPSA) is 95.6 Å². The van der Waals surface area contributed by atoms with Gasteiger partial charge in [0.25, 0.3) is 5.91 Å². The lowest BCUT2D eigenvalue weighted by molar-refractivity contribution is -0.143. The Balaban J connectivity index is 1.47. The molecule has 1 amide bonds. The number of ether oxygens (including phenoxy) is 5. The van der Waals surface area contributed by atoms with Gasteiger partial charge >= 0.3 is 5.97 Å². The molecule has 0 unspecified atom stereocenters. The van der Waals surface area contributed by atoms with Gasteiger partial charge in [0.2, 0.25) is 11.5 Å². The van der Waals surface area contributed by atoms with Crippen LogP contribution in [0.4, 0.5) is 11.4 Å². The van der Waals surface area contributed by atoms with Gasteiger partial charge in [0.05, 0.1) is 44.7 Å². The number of fused-ring (bicyclic) bond motifs is 2.